The third kappa shape index (κ3) is 59.0. The van der Waals surface area contributed by atoms with Crippen molar-refractivity contribution in [1.29, 1.82) is 0 Å². The molecule has 0 aliphatic heterocycles. The van der Waals surface area contributed by atoms with Gasteiger partial charge in [0.05, 0.1) is 19.8 Å². The van der Waals surface area contributed by atoms with Gasteiger partial charge in [-0.2, -0.15) is 0 Å². The molecule has 0 spiro atoms. The second-order valence-electron chi connectivity index (χ2n) is 21.2. The number of carbonyl (C=O) groups is 3. The average molecular weight is 1140 g/mol. The van der Waals surface area contributed by atoms with E-state index in [1.807, 2.05) is 12.2 Å². The van der Waals surface area contributed by atoms with Crippen LogP contribution < -0.4 is 0 Å². The van der Waals surface area contributed by atoms with Crippen molar-refractivity contribution in [2.75, 3.05) is 26.4 Å². The van der Waals surface area contributed by atoms with Gasteiger partial charge in [-0.25, -0.2) is 4.57 Å². The van der Waals surface area contributed by atoms with Crippen molar-refractivity contribution in [3.8, 4) is 0 Å². The van der Waals surface area contributed by atoms with Gasteiger partial charge in [0, 0.05) is 19.3 Å². The zero-order valence-corrected chi connectivity index (χ0v) is 51.9. The lowest BCUT2D eigenvalue weighted by Crippen LogP contribution is -2.30. The second-order valence-corrected chi connectivity index (χ2v) is 22.7. The molecule has 0 aromatic carbocycles. The van der Waals surface area contributed by atoms with E-state index in [0.29, 0.717) is 19.3 Å². The van der Waals surface area contributed by atoms with Gasteiger partial charge in [0.25, 0.3) is 0 Å². The Morgan fingerprint density at radius 1 is 0.362 bits per heavy atom. The summed E-state index contributed by atoms with van der Waals surface area (Å²) in [6.07, 6.45) is 73.7. The van der Waals surface area contributed by atoms with Crippen LogP contribution in [0.3, 0.4) is 0 Å². The molecule has 0 saturated carbocycles. The number of phosphoric ester groups is 1. The molecular formula is C68H117O11P. The molecule has 0 bridgehead atoms. The largest absolute Gasteiger partial charge is 0.472 e. The average Bonchev–Trinajstić information content (AvgIpc) is 3.45. The Balaban J connectivity index is 4.79. The molecule has 0 saturated heterocycles. The van der Waals surface area contributed by atoms with Gasteiger partial charge in [-0.15, -0.1) is 0 Å². The van der Waals surface area contributed by atoms with Gasteiger partial charge >= 0.3 is 25.7 Å². The summed E-state index contributed by atoms with van der Waals surface area (Å²) in [4.78, 5) is 48.7. The molecule has 460 valence electrons. The van der Waals surface area contributed by atoms with Gasteiger partial charge in [0.2, 0.25) is 0 Å². The summed E-state index contributed by atoms with van der Waals surface area (Å²) >= 11 is 0. The molecule has 0 aromatic rings. The van der Waals surface area contributed by atoms with Crippen LogP contribution in [0.1, 0.15) is 278 Å². The van der Waals surface area contributed by atoms with Crippen LogP contribution in [0.4, 0.5) is 0 Å². The number of hydrogen-bond donors (Lipinski definition) is 2. The zero-order chi connectivity index (χ0) is 58.3. The number of esters is 3. The minimum Gasteiger partial charge on any atom is -0.462 e. The standard InChI is InChI=1S/C68H117O11P/c1-4-7-10-13-16-19-22-25-28-31-32-35-36-39-42-45-48-51-54-57-66(70)75-61-65(79-68(72)59-56-53-50-47-44-41-38-34-30-27-24-21-18-15-12-9-6-3)63-77-80(73,74)76-62-64(60-69)78-67(71)58-55-52-49-46-43-40-37-33-29-26-23-20-17-14-11-8-5-2/h7,10,16,18-19,21,25,27-28,30,32,35,39,42,48,51,64-65,69H,4-6,8-9,11-15,17,20,22-24,26,29,31,33-34,36-38,40-41,43-47,49-50,52-63H2,1-3H3,(H,73,74)/b10-7-,19-16-,21-18-,28-25-,30-27-,35-32-,42-39-,51-48-. The highest BCUT2D eigenvalue weighted by atomic mass is 31.2. The quantitative estimate of drug-likeness (QED) is 0.0197. The van der Waals surface area contributed by atoms with E-state index in [1.165, 1.54) is 122 Å². The number of aliphatic hydroxyl groups excluding tert-OH is 1. The van der Waals surface area contributed by atoms with Crippen LogP contribution in [-0.2, 0) is 42.2 Å². The number of aliphatic hydroxyl groups is 1. The third-order valence-corrected chi connectivity index (χ3v) is 14.5. The van der Waals surface area contributed by atoms with E-state index in [2.05, 4.69) is 106 Å². The van der Waals surface area contributed by atoms with Gasteiger partial charge in [-0.1, -0.05) is 266 Å². The zero-order valence-electron chi connectivity index (χ0n) is 51.0. The van der Waals surface area contributed by atoms with Gasteiger partial charge in [0.15, 0.2) is 6.10 Å². The van der Waals surface area contributed by atoms with Crippen molar-refractivity contribution >= 4 is 25.7 Å². The molecule has 0 amide bonds. The number of unbranched alkanes of at least 4 members (excludes halogenated alkanes) is 26. The predicted molar refractivity (Wildman–Crippen MR) is 334 cm³/mol. The molecule has 0 heterocycles. The fourth-order valence-corrected chi connectivity index (χ4v) is 9.43. The van der Waals surface area contributed by atoms with Gasteiger partial charge in [0.1, 0.15) is 12.7 Å². The molecule has 0 rings (SSSR count). The third-order valence-electron chi connectivity index (χ3n) is 13.5. The Morgan fingerprint density at radius 3 is 1.07 bits per heavy atom. The molecule has 12 heteroatoms. The van der Waals surface area contributed by atoms with E-state index in [0.717, 1.165) is 96.3 Å². The lowest BCUT2D eigenvalue weighted by molar-refractivity contribution is -0.161. The highest BCUT2D eigenvalue weighted by Crippen LogP contribution is 2.43. The van der Waals surface area contributed by atoms with Crippen LogP contribution in [0.2, 0.25) is 0 Å². The minimum atomic E-state index is -4.77. The molecule has 3 unspecified atom stereocenters. The summed E-state index contributed by atoms with van der Waals surface area (Å²) < 4.78 is 39.6. The molecule has 0 fully saturated rings. The Morgan fingerprint density at radius 2 is 0.675 bits per heavy atom. The van der Waals surface area contributed by atoms with Crippen molar-refractivity contribution in [1.82, 2.24) is 0 Å². The van der Waals surface area contributed by atoms with E-state index >= 15 is 0 Å². The fourth-order valence-electron chi connectivity index (χ4n) is 8.65. The second kappa shape index (κ2) is 61.5. The smallest absolute Gasteiger partial charge is 0.462 e. The van der Waals surface area contributed by atoms with Crippen molar-refractivity contribution in [2.45, 2.75) is 290 Å². The first-order chi connectivity index (χ1) is 39.2. The Hall–Kier alpha value is -3.60. The number of rotatable bonds is 59. The first-order valence-corrected chi connectivity index (χ1v) is 33.6. The Labute approximate surface area is 489 Å². The molecule has 11 nitrogen and oxygen atoms in total. The lowest BCUT2D eigenvalue weighted by atomic mass is 10.0. The molecule has 0 aliphatic rings. The number of phosphoric acid groups is 1. The maximum Gasteiger partial charge on any atom is 0.472 e. The van der Waals surface area contributed by atoms with Crippen molar-refractivity contribution < 1.29 is 52.2 Å². The summed E-state index contributed by atoms with van der Waals surface area (Å²) in [7, 11) is -4.77. The number of hydrogen-bond acceptors (Lipinski definition) is 10. The maximum atomic E-state index is 13.0. The molecule has 3 atom stereocenters. The van der Waals surface area contributed by atoms with E-state index in [4.69, 9.17) is 23.3 Å². The topological polar surface area (TPSA) is 155 Å². The summed E-state index contributed by atoms with van der Waals surface area (Å²) in [5, 5.41) is 9.86. The SMILES string of the molecule is CC/C=C\C/C=C\C/C=C\C/C=C\C/C=C\C/C=C\CCC(=O)OCC(COP(=O)(O)OCC(CO)OC(=O)CCCCCCCCCCCCCCCCCCC)OC(=O)CCCCCCCCC/C=C\C/C=C\CCCCC. The molecule has 2 N–H and O–H groups in total. The van der Waals surface area contributed by atoms with Crippen molar-refractivity contribution in [3.63, 3.8) is 0 Å². The highest BCUT2D eigenvalue weighted by Gasteiger charge is 2.28. The fraction of sp³-hybridized carbons (Fsp3) is 0.721. The van der Waals surface area contributed by atoms with Crippen LogP contribution in [0.5, 0.6) is 0 Å². The first kappa shape index (κ1) is 76.4. The van der Waals surface area contributed by atoms with Crippen LogP contribution in [0.25, 0.3) is 0 Å². The monoisotopic (exact) mass is 1140 g/mol. The van der Waals surface area contributed by atoms with E-state index in [1.54, 1.807) is 0 Å². The number of allylic oxidation sites excluding steroid dienone is 16. The minimum absolute atomic E-state index is 0.0968. The van der Waals surface area contributed by atoms with Crippen LogP contribution in [0.15, 0.2) is 97.2 Å². The maximum absolute atomic E-state index is 13.0. The normalized spacial score (nSPS) is 13.9. The predicted octanol–water partition coefficient (Wildman–Crippen LogP) is 19.6. The van der Waals surface area contributed by atoms with Crippen molar-refractivity contribution in [2.24, 2.45) is 0 Å². The van der Waals surface area contributed by atoms with Crippen LogP contribution >= 0.6 is 7.82 Å². The summed E-state index contributed by atoms with van der Waals surface area (Å²) in [5.74, 6) is -1.57. The van der Waals surface area contributed by atoms with Crippen LogP contribution in [0, 0.1) is 0 Å². The summed E-state index contributed by atoms with van der Waals surface area (Å²) in [5.41, 5.74) is 0. The van der Waals surface area contributed by atoms with Crippen molar-refractivity contribution in [3.05, 3.63) is 97.2 Å². The summed E-state index contributed by atoms with van der Waals surface area (Å²) in [6, 6.07) is 0. The first-order valence-electron chi connectivity index (χ1n) is 32.1. The van der Waals surface area contributed by atoms with Gasteiger partial charge in [-0.3, -0.25) is 23.4 Å². The number of carbonyl (C=O) groups excluding carboxylic acids is 3. The lowest BCUT2D eigenvalue weighted by Gasteiger charge is -2.21. The summed E-state index contributed by atoms with van der Waals surface area (Å²) in [6.45, 7) is 4.45. The van der Waals surface area contributed by atoms with E-state index < -0.39 is 57.8 Å². The van der Waals surface area contributed by atoms with Crippen LogP contribution in [-0.4, -0.2) is 66.5 Å². The Bertz CT molecular complexity index is 1710. The highest BCUT2D eigenvalue weighted by molar-refractivity contribution is 7.47. The molecule has 0 aromatic heterocycles. The Kier molecular flexibility index (Phi) is 58.7. The van der Waals surface area contributed by atoms with E-state index in [-0.39, 0.29) is 25.9 Å². The molecular weight excluding hydrogens is 1020 g/mol. The molecule has 0 aliphatic carbocycles. The van der Waals surface area contributed by atoms with E-state index in [9.17, 15) is 28.9 Å². The molecule has 80 heavy (non-hydrogen) atoms. The number of ether oxygens (including phenoxy) is 3. The van der Waals surface area contributed by atoms with Gasteiger partial charge in [-0.05, 0) is 89.9 Å². The molecule has 0 radical (unpaired) electrons. The van der Waals surface area contributed by atoms with Gasteiger partial charge < -0.3 is 24.2 Å².